The van der Waals surface area contributed by atoms with E-state index in [1.165, 1.54) is 0 Å². The zero-order chi connectivity index (χ0) is 15.2. The van der Waals surface area contributed by atoms with Crippen LogP contribution in [0.25, 0.3) is 0 Å². The average molecular weight is 306 g/mol. The van der Waals surface area contributed by atoms with E-state index < -0.39 is 0 Å². The number of Topliss-reactive ketones (excluding diaryl/α,β-unsaturated/α-hetero) is 1. The van der Waals surface area contributed by atoms with Gasteiger partial charge in [0, 0.05) is 31.1 Å². The lowest BCUT2D eigenvalue weighted by Crippen LogP contribution is -2.45. The Morgan fingerprint density at radius 1 is 1.33 bits per heavy atom. The third-order valence-electron chi connectivity index (χ3n) is 3.86. The first-order chi connectivity index (χ1) is 10.2. The van der Waals surface area contributed by atoms with E-state index in [0.717, 1.165) is 48.9 Å². The molecule has 0 spiro atoms. The van der Waals surface area contributed by atoms with E-state index in [0.29, 0.717) is 0 Å². The Labute approximate surface area is 131 Å². The van der Waals surface area contributed by atoms with Crippen molar-refractivity contribution in [2.75, 3.05) is 26.7 Å². The lowest BCUT2D eigenvalue weighted by Gasteiger charge is -2.33. The fraction of sp³-hybridized carbons (Fsp3) is 0.500. The molecule has 1 saturated heterocycles. The van der Waals surface area contributed by atoms with Crippen LogP contribution < -0.4 is 10.1 Å². The van der Waals surface area contributed by atoms with E-state index >= 15 is 0 Å². The number of piperidine rings is 1. The van der Waals surface area contributed by atoms with Crippen LogP contribution in [0.3, 0.4) is 0 Å². The number of ether oxygens (including phenoxy) is 1. The molecular weight excluding hydrogens is 284 g/mol. The number of rotatable bonds is 4. The maximum Gasteiger partial charge on any atom is 0.168 e. The van der Waals surface area contributed by atoms with Crippen LogP contribution in [-0.4, -0.2) is 42.5 Å². The zero-order valence-corrected chi connectivity index (χ0v) is 13.4. The first-order valence-electron chi connectivity index (χ1n) is 7.36. The maximum atomic E-state index is 12.5. The van der Waals surface area contributed by atoms with E-state index in [-0.39, 0.29) is 11.7 Å². The molecule has 0 unspecified atom stereocenters. The number of carbonyl (C=O) groups is 1. The minimum Gasteiger partial charge on any atom is -0.497 e. The molecule has 1 aliphatic heterocycles. The van der Waals surface area contributed by atoms with Gasteiger partial charge in [0.15, 0.2) is 10.9 Å². The average Bonchev–Trinajstić information content (AvgIpc) is 2.54. The van der Waals surface area contributed by atoms with Crippen molar-refractivity contribution in [3.05, 3.63) is 29.8 Å². The number of thiocarbonyl (C=S) groups is 1. The van der Waals surface area contributed by atoms with E-state index in [4.69, 9.17) is 17.0 Å². The molecule has 1 heterocycles. The number of ketones is 1. The highest BCUT2D eigenvalue weighted by Crippen LogP contribution is 2.23. The highest BCUT2D eigenvalue weighted by molar-refractivity contribution is 7.80. The predicted molar refractivity (Wildman–Crippen MR) is 87.9 cm³/mol. The number of nitrogens with one attached hydrogen (secondary N) is 1. The number of likely N-dealkylation sites (tertiary alicyclic amines) is 1. The van der Waals surface area contributed by atoms with Crippen LogP contribution in [0.1, 0.15) is 30.1 Å². The summed E-state index contributed by atoms with van der Waals surface area (Å²) in [4.78, 5) is 14.6. The molecule has 5 heteroatoms. The summed E-state index contributed by atoms with van der Waals surface area (Å²) < 4.78 is 5.12. The molecule has 1 aliphatic rings. The first-order valence-corrected chi connectivity index (χ1v) is 7.77. The summed E-state index contributed by atoms with van der Waals surface area (Å²) >= 11 is 5.31. The molecule has 1 N–H and O–H groups in total. The summed E-state index contributed by atoms with van der Waals surface area (Å²) in [5.41, 5.74) is 0.767. The maximum absolute atomic E-state index is 12.5. The molecule has 0 amide bonds. The van der Waals surface area contributed by atoms with Crippen molar-refractivity contribution in [1.82, 2.24) is 10.2 Å². The van der Waals surface area contributed by atoms with Crippen LogP contribution in [0.5, 0.6) is 5.75 Å². The number of carbonyl (C=O) groups excluding carboxylic acids is 1. The molecule has 0 atom stereocenters. The summed E-state index contributed by atoms with van der Waals surface area (Å²) in [5, 5.41) is 3.96. The van der Waals surface area contributed by atoms with Crippen LogP contribution >= 0.6 is 12.2 Å². The molecule has 2 rings (SSSR count). The molecule has 1 aromatic rings. The minimum absolute atomic E-state index is 0.0964. The van der Waals surface area contributed by atoms with Crippen LogP contribution in [0.4, 0.5) is 0 Å². The molecule has 0 aliphatic carbocycles. The second-order valence-electron chi connectivity index (χ2n) is 5.19. The molecule has 0 aromatic heterocycles. The summed E-state index contributed by atoms with van der Waals surface area (Å²) in [6.07, 6.45) is 1.72. The molecule has 1 aromatic carbocycles. The Kier molecular flexibility index (Phi) is 5.56. The molecule has 0 saturated carbocycles. The molecule has 21 heavy (non-hydrogen) atoms. The van der Waals surface area contributed by atoms with Crippen LogP contribution in [0, 0.1) is 5.92 Å². The quantitative estimate of drug-likeness (QED) is 0.684. The van der Waals surface area contributed by atoms with Gasteiger partial charge in [0.1, 0.15) is 5.75 Å². The molecule has 0 radical (unpaired) electrons. The van der Waals surface area contributed by atoms with Crippen molar-refractivity contribution in [2.45, 2.75) is 19.8 Å². The largest absolute Gasteiger partial charge is 0.497 e. The van der Waals surface area contributed by atoms with E-state index in [1.54, 1.807) is 7.11 Å². The minimum atomic E-state index is 0.0964. The highest BCUT2D eigenvalue weighted by atomic mass is 32.1. The Hall–Kier alpha value is -1.62. The normalized spacial score (nSPS) is 15.6. The number of benzene rings is 1. The lowest BCUT2D eigenvalue weighted by molar-refractivity contribution is 0.0872. The van der Waals surface area contributed by atoms with Gasteiger partial charge in [-0.1, -0.05) is 0 Å². The fourth-order valence-corrected chi connectivity index (χ4v) is 2.93. The highest BCUT2D eigenvalue weighted by Gasteiger charge is 2.26. The first kappa shape index (κ1) is 15.8. The van der Waals surface area contributed by atoms with Gasteiger partial charge in [0.2, 0.25) is 0 Å². The summed E-state index contributed by atoms with van der Waals surface area (Å²) in [6, 6.07) is 7.36. The van der Waals surface area contributed by atoms with Crippen molar-refractivity contribution in [2.24, 2.45) is 5.92 Å². The Bertz CT molecular complexity index is 494. The van der Waals surface area contributed by atoms with Crippen molar-refractivity contribution in [3.8, 4) is 5.75 Å². The molecule has 114 valence electrons. The predicted octanol–water partition coefficient (Wildman–Crippen LogP) is 2.48. The zero-order valence-electron chi connectivity index (χ0n) is 12.6. The third kappa shape index (κ3) is 3.94. The third-order valence-corrected chi connectivity index (χ3v) is 4.26. The van der Waals surface area contributed by atoms with Crippen molar-refractivity contribution >= 4 is 23.1 Å². The van der Waals surface area contributed by atoms with Gasteiger partial charge in [-0.2, -0.15) is 0 Å². The van der Waals surface area contributed by atoms with Crippen molar-refractivity contribution in [3.63, 3.8) is 0 Å². The van der Waals surface area contributed by atoms with Gasteiger partial charge >= 0.3 is 0 Å². The topological polar surface area (TPSA) is 41.6 Å². The van der Waals surface area contributed by atoms with E-state index in [2.05, 4.69) is 10.2 Å². The fourth-order valence-electron chi connectivity index (χ4n) is 2.60. The van der Waals surface area contributed by atoms with Crippen LogP contribution in [0.15, 0.2) is 24.3 Å². The molecule has 0 bridgehead atoms. The van der Waals surface area contributed by atoms with Gasteiger partial charge in [-0.25, -0.2) is 0 Å². The number of methoxy groups -OCH3 is 1. The monoisotopic (exact) mass is 306 g/mol. The summed E-state index contributed by atoms with van der Waals surface area (Å²) in [6.45, 7) is 4.56. The van der Waals surface area contributed by atoms with Gasteiger partial charge in [-0.05, 0) is 56.2 Å². The van der Waals surface area contributed by atoms with E-state index in [9.17, 15) is 4.79 Å². The van der Waals surface area contributed by atoms with Gasteiger partial charge < -0.3 is 15.0 Å². The second-order valence-corrected chi connectivity index (χ2v) is 5.58. The lowest BCUT2D eigenvalue weighted by atomic mass is 9.89. The van der Waals surface area contributed by atoms with E-state index in [1.807, 2.05) is 31.2 Å². The SMILES string of the molecule is CCNC(=S)N1CCC(C(=O)c2ccc(OC)cc2)CC1. The Morgan fingerprint density at radius 2 is 1.95 bits per heavy atom. The van der Waals surface area contributed by atoms with Crippen molar-refractivity contribution in [1.29, 1.82) is 0 Å². The van der Waals surface area contributed by atoms with Gasteiger partial charge in [-0.3, -0.25) is 4.79 Å². The van der Waals surface area contributed by atoms with Gasteiger partial charge in [0.05, 0.1) is 7.11 Å². The standard InChI is InChI=1S/C16H22N2O2S/c1-3-17-16(21)18-10-8-13(9-11-18)15(19)12-4-6-14(20-2)7-5-12/h4-7,13H,3,8-11H2,1-2H3,(H,17,21). The van der Waals surface area contributed by atoms with Crippen LogP contribution in [0.2, 0.25) is 0 Å². The van der Waals surface area contributed by atoms with Gasteiger partial charge in [0.25, 0.3) is 0 Å². The number of hydrogen-bond donors (Lipinski definition) is 1. The van der Waals surface area contributed by atoms with Gasteiger partial charge in [-0.15, -0.1) is 0 Å². The molecule has 4 nitrogen and oxygen atoms in total. The number of nitrogens with zero attached hydrogens (tertiary/aromatic N) is 1. The van der Waals surface area contributed by atoms with Crippen LogP contribution in [-0.2, 0) is 0 Å². The second kappa shape index (κ2) is 7.41. The smallest absolute Gasteiger partial charge is 0.168 e. The number of hydrogen-bond acceptors (Lipinski definition) is 3. The Balaban J connectivity index is 1.92. The summed E-state index contributed by atoms with van der Waals surface area (Å²) in [5.74, 6) is 1.10. The summed E-state index contributed by atoms with van der Waals surface area (Å²) in [7, 11) is 1.62. The Morgan fingerprint density at radius 3 is 2.48 bits per heavy atom. The molecular formula is C16H22N2O2S. The molecule has 1 fully saturated rings. The van der Waals surface area contributed by atoms with Crippen molar-refractivity contribution < 1.29 is 9.53 Å².